The minimum atomic E-state index is -1.08. The smallest absolute Gasteiger partial charge is 0.356 e. The molecule has 0 amide bonds. The topological polar surface area (TPSA) is 75.5 Å². The highest BCUT2D eigenvalue weighted by Gasteiger charge is 2.20. The van der Waals surface area contributed by atoms with Gasteiger partial charge in [-0.1, -0.05) is 11.6 Å². The van der Waals surface area contributed by atoms with Crippen molar-refractivity contribution >= 4 is 23.4 Å². The quantitative estimate of drug-likeness (QED) is 0.936. The highest BCUT2D eigenvalue weighted by Crippen LogP contribution is 2.32. The number of carboxylic acids is 1. The summed E-state index contributed by atoms with van der Waals surface area (Å²) in [6.45, 7) is 1.43. The normalized spacial score (nSPS) is 13.6. The zero-order valence-corrected chi connectivity index (χ0v) is 12.7. The van der Waals surface area contributed by atoms with Crippen LogP contribution in [0.1, 0.15) is 21.6 Å². The second kappa shape index (κ2) is 5.81. The van der Waals surface area contributed by atoms with Crippen LogP contribution in [-0.2, 0) is 13.0 Å². The van der Waals surface area contributed by atoms with Crippen molar-refractivity contribution < 1.29 is 14.6 Å². The zero-order valence-electron chi connectivity index (χ0n) is 11.9. The van der Waals surface area contributed by atoms with Gasteiger partial charge in [-0.25, -0.2) is 14.8 Å². The molecular formula is C15H14ClN3O3. The largest absolute Gasteiger partial charge is 0.495 e. The van der Waals surface area contributed by atoms with Gasteiger partial charge in [0.2, 0.25) is 0 Å². The van der Waals surface area contributed by atoms with Gasteiger partial charge >= 0.3 is 5.97 Å². The number of aromatic nitrogens is 2. The number of fused-ring (bicyclic) bond motifs is 1. The minimum Gasteiger partial charge on any atom is -0.495 e. The van der Waals surface area contributed by atoms with Crippen molar-refractivity contribution in [3.63, 3.8) is 0 Å². The lowest BCUT2D eigenvalue weighted by molar-refractivity contribution is 0.0690. The van der Waals surface area contributed by atoms with E-state index in [-0.39, 0.29) is 5.69 Å². The molecule has 6 nitrogen and oxygen atoms in total. The molecule has 1 aromatic carbocycles. The minimum absolute atomic E-state index is 0.0612. The molecule has 0 fully saturated rings. The molecule has 2 aromatic rings. The van der Waals surface area contributed by atoms with Crippen LogP contribution in [0.4, 0.5) is 5.82 Å². The molecule has 0 atom stereocenters. The summed E-state index contributed by atoms with van der Waals surface area (Å²) in [5, 5.41) is 9.43. The summed E-state index contributed by atoms with van der Waals surface area (Å²) in [5.74, 6) is 0.254. The number of halogens is 1. The Hall–Kier alpha value is -2.34. The third kappa shape index (κ3) is 2.69. The molecule has 0 saturated carbocycles. The molecule has 1 aliphatic heterocycles. The lowest BCUT2D eigenvalue weighted by atomic mass is 9.99. The first-order valence-corrected chi connectivity index (χ1v) is 7.12. The Kier molecular flexibility index (Phi) is 3.85. The number of rotatable bonds is 3. The van der Waals surface area contributed by atoms with Gasteiger partial charge < -0.3 is 14.7 Å². The highest BCUT2D eigenvalue weighted by atomic mass is 35.5. The van der Waals surface area contributed by atoms with Crippen molar-refractivity contribution in [2.75, 3.05) is 18.6 Å². The second-order valence-electron chi connectivity index (χ2n) is 4.99. The number of benzene rings is 1. The summed E-state index contributed by atoms with van der Waals surface area (Å²) in [5.41, 5.74) is 2.25. The molecule has 114 valence electrons. The molecule has 7 heteroatoms. The lowest BCUT2D eigenvalue weighted by Crippen LogP contribution is -2.31. The number of methoxy groups -OCH3 is 1. The fraction of sp³-hybridized carbons (Fsp3) is 0.267. The summed E-state index contributed by atoms with van der Waals surface area (Å²) in [4.78, 5) is 20.9. The third-order valence-corrected chi connectivity index (χ3v) is 3.96. The number of hydrogen-bond acceptors (Lipinski definition) is 5. The summed E-state index contributed by atoms with van der Waals surface area (Å²) in [6, 6.07) is 3.87. The average Bonchev–Trinajstić information content (AvgIpc) is 2.53. The molecule has 0 unspecified atom stereocenters. The summed E-state index contributed by atoms with van der Waals surface area (Å²) >= 11 is 6.17. The first kappa shape index (κ1) is 14.6. The second-order valence-corrected chi connectivity index (χ2v) is 5.40. The molecule has 0 radical (unpaired) electrons. The molecule has 1 aliphatic rings. The van der Waals surface area contributed by atoms with Gasteiger partial charge in [-0.3, -0.25) is 0 Å². The standard InChI is InChI=1S/C15H14ClN3O3/c1-22-13-5-9-2-3-19(8-10(9)4-11(13)16)14-7-17-12(6-18-14)15(20)21/h4-7H,2-3,8H2,1H3,(H,20,21). The Morgan fingerprint density at radius 2 is 2.14 bits per heavy atom. The number of aromatic carboxylic acids is 1. The van der Waals surface area contributed by atoms with E-state index in [1.807, 2.05) is 17.0 Å². The predicted molar refractivity (Wildman–Crippen MR) is 81.7 cm³/mol. The Labute approximate surface area is 132 Å². The van der Waals surface area contributed by atoms with Crippen LogP contribution in [0.3, 0.4) is 0 Å². The summed E-state index contributed by atoms with van der Waals surface area (Å²) < 4.78 is 5.23. The van der Waals surface area contributed by atoms with E-state index < -0.39 is 5.97 Å². The Morgan fingerprint density at radius 3 is 2.77 bits per heavy atom. The van der Waals surface area contributed by atoms with Gasteiger partial charge in [0.1, 0.15) is 11.6 Å². The molecule has 0 bridgehead atoms. The Bertz CT molecular complexity index is 719. The van der Waals surface area contributed by atoms with Gasteiger partial charge in [0.15, 0.2) is 5.69 Å². The van der Waals surface area contributed by atoms with Crippen LogP contribution in [0.2, 0.25) is 5.02 Å². The van der Waals surface area contributed by atoms with E-state index in [1.54, 1.807) is 7.11 Å². The van der Waals surface area contributed by atoms with E-state index in [9.17, 15) is 4.79 Å². The maximum absolute atomic E-state index is 10.8. The van der Waals surface area contributed by atoms with Crippen LogP contribution in [0.5, 0.6) is 5.75 Å². The van der Waals surface area contributed by atoms with Crippen molar-refractivity contribution in [3.8, 4) is 5.75 Å². The molecule has 22 heavy (non-hydrogen) atoms. The molecule has 2 heterocycles. The molecule has 0 aliphatic carbocycles. The van der Waals surface area contributed by atoms with E-state index in [0.29, 0.717) is 23.1 Å². The van der Waals surface area contributed by atoms with Crippen molar-refractivity contribution in [3.05, 3.63) is 46.4 Å². The maximum atomic E-state index is 10.8. The van der Waals surface area contributed by atoms with Gasteiger partial charge in [-0.05, 0) is 29.7 Å². The van der Waals surface area contributed by atoms with Crippen molar-refractivity contribution in [2.24, 2.45) is 0 Å². The van der Waals surface area contributed by atoms with Gasteiger partial charge in [0.05, 0.1) is 24.5 Å². The number of carboxylic acid groups (broad SMARTS) is 1. The fourth-order valence-corrected chi connectivity index (χ4v) is 2.77. The first-order valence-electron chi connectivity index (χ1n) is 6.74. The Balaban J connectivity index is 1.84. The zero-order chi connectivity index (χ0) is 15.7. The van der Waals surface area contributed by atoms with E-state index in [1.165, 1.54) is 18.0 Å². The predicted octanol–water partition coefficient (Wildman–Crippen LogP) is 2.40. The van der Waals surface area contributed by atoms with Crippen molar-refractivity contribution in [1.82, 2.24) is 9.97 Å². The van der Waals surface area contributed by atoms with Gasteiger partial charge in [-0.15, -0.1) is 0 Å². The fourth-order valence-electron chi connectivity index (χ4n) is 2.50. The van der Waals surface area contributed by atoms with Crippen LogP contribution in [-0.4, -0.2) is 34.7 Å². The molecule has 0 spiro atoms. The molecule has 1 aromatic heterocycles. The number of nitrogens with zero attached hydrogens (tertiary/aromatic N) is 3. The molecule has 3 rings (SSSR count). The lowest BCUT2D eigenvalue weighted by Gasteiger charge is -2.30. The van der Waals surface area contributed by atoms with Gasteiger partial charge in [0, 0.05) is 13.1 Å². The van der Waals surface area contributed by atoms with E-state index in [4.69, 9.17) is 21.4 Å². The van der Waals surface area contributed by atoms with Gasteiger partial charge in [0.25, 0.3) is 0 Å². The molecule has 1 N–H and O–H groups in total. The van der Waals surface area contributed by atoms with Crippen LogP contribution in [0.15, 0.2) is 24.5 Å². The van der Waals surface area contributed by atoms with Gasteiger partial charge in [-0.2, -0.15) is 0 Å². The van der Waals surface area contributed by atoms with Crippen molar-refractivity contribution in [1.29, 1.82) is 0 Å². The number of anilines is 1. The third-order valence-electron chi connectivity index (χ3n) is 3.67. The summed E-state index contributed by atoms with van der Waals surface area (Å²) in [6.07, 6.45) is 3.60. The Morgan fingerprint density at radius 1 is 1.32 bits per heavy atom. The average molecular weight is 320 g/mol. The number of hydrogen-bond donors (Lipinski definition) is 1. The first-order chi connectivity index (χ1) is 10.6. The molecule has 0 saturated heterocycles. The van der Waals surface area contributed by atoms with E-state index in [2.05, 4.69) is 9.97 Å². The number of ether oxygens (including phenoxy) is 1. The van der Waals surface area contributed by atoms with E-state index >= 15 is 0 Å². The van der Waals surface area contributed by atoms with Crippen LogP contribution in [0.25, 0.3) is 0 Å². The van der Waals surface area contributed by atoms with E-state index in [0.717, 1.165) is 18.5 Å². The number of carbonyl (C=O) groups is 1. The van der Waals surface area contributed by atoms with Crippen LogP contribution in [0, 0.1) is 0 Å². The SMILES string of the molecule is COc1cc2c(cc1Cl)CN(c1cnc(C(=O)O)cn1)CC2. The van der Waals surface area contributed by atoms with Crippen LogP contribution < -0.4 is 9.64 Å². The molecular weight excluding hydrogens is 306 g/mol. The van der Waals surface area contributed by atoms with Crippen LogP contribution >= 0.6 is 11.6 Å². The van der Waals surface area contributed by atoms with Crippen molar-refractivity contribution in [2.45, 2.75) is 13.0 Å². The highest BCUT2D eigenvalue weighted by molar-refractivity contribution is 6.32. The maximum Gasteiger partial charge on any atom is 0.356 e. The summed E-state index contributed by atoms with van der Waals surface area (Å²) in [7, 11) is 1.60. The monoisotopic (exact) mass is 319 g/mol.